The van der Waals surface area contributed by atoms with Crippen LogP contribution in [-0.2, 0) is 6.54 Å². The third kappa shape index (κ3) is 4.78. The van der Waals surface area contributed by atoms with E-state index in [1.165, 1.54) is 18.5 Å². The highest BCUT2D eigenvalue weighted by Gasteiger charge is 2.12. The maximum Gasteiger partial charge on any atom is 0.274 e. The first-order chi connectivity index (χ1) is 13.0. The third-order valence-electron chi connectivity index (χ3n) is 3.93. The minimum absolute atomic E-state index is 0.238. The van der Waals surface area contributed by atoms with Crippen LogP contribution in [0.5, 0.6) is 5.75 Å². The Kier molecular flexibility index (Phi) is 5.61. The van der Waals surface area contributed by atoms with E-state index in [1.54, 1.807) is 43.5 Å². The molecule has 0 atom stereocenters. The lowest BCUT2D eigenvalue weighted by molar-refractivity contribution is 0.102. The average Bonchev–Trinajstić information content (AvgIpc) is 2.68. The molecule has 1 aromatic heterocycles. The van der Waals surface area contributed by atoms with E-state index in [-0.39, 0.29) is 17.4 Å². The molecule has 0 bridgehead atoms. The highest BCUT2D eigenvalue weighted by atomic mass is 19.1. The van der Waals surface area contributed by atoms with Gasteiger partial charge < -0.3 is 15.0 Å². The van der Waals surface area contributed by atoms with Crippen molar-refractivity contribution in [1.29, 1.82) is 0 Å². The van der Waals surface area contributed by atoms with Crippen LogP contribution in [0.2, 0.25) is 0 Å². The summed E-state index contributed by atoms with van der Waals surface area (Å²) in [6.45, 7) is 0.453. The Hall–Kier alpha value is -3.48. The second-order valence-electron chi connectivity index (χ2n) is 5.93. The zero-order chi connectivity index (χ0) is 19.2. The molecule has 7 heteroatoms. The highest BCUT2D eigenvalue weighted by Crippen LogP contribution is 2.17. The number of hydrogen-bond acceptors (Lipinski definition) is 5. The molecular formula is C20H19FN4O2. The predicted octanol–water partition coefficient (Wildman–Crippen LogP) is 3.51. The van der Waals surface area contributed by atoms with E-state index in [4.69, 9.17) is 4.74 Å². The standard InChI is InChI=1S/C20H19FN4O2/c1-25(12-14-4-3-5-15(21)10-14)19-11-18(22-13-23-19)20(26)24-16-6-8-17(27-2)9-7-16/h3-11,13H,12H2,1-2H3,(H,24,26). The molecule has 3 rings (SSSR count). The van der Waals surface area contributed by atoms with Crippen molar-refractivity contribution in [1.82, 2.24) is 9.97 Å². The van der Waals surface area contributed by atoms with E-state index in [1.807, 2.05) is 18.0 Å². The van der Waals surface area contributed by atoms with Gasteiger partial charge in [0.1, 0.15) is 29.4 Å². The van der Waals surface area contributed by atoms with E-state index < -0.39 is 0 Å². The van der Waals surface area contributed by atoms with Crippen molar-refractivity contribution < 1.29 is 13.9 Å². The molecule has 1 heterocycles. The van der Waals surface area contributed by atoms with E-state index >= 15 is 0 Å². The molecule has 2 aromatic carbocycles. The molecule has 0 fully saturated rings. The van der Waals surface area contributed by atoms with Gasteiger partial charge in [0.2, 0.25) is 0 Å². The first kappa shape index (κ1) is 18.3. The summed E-state index contributed by atoms with van der Waals surface area (Å²) >= 11 is 0. The minimum atomic E-state index is -0.344. The Morgan fingerprint density at radius 1 is 1.15 bits per heavy atom. The van der Waals surface area contributed by atoms with E-state index in [9.17, 15) is 9.18 Å². The largest absolute Gasteiger partial charge is 0.497 e. The molecule has 1 N–H and O–H groups in total. The zero-order valence-corrected chi connectivity index (χ0v) is 15.0. The molecule has 0 aliphatic heterocycles. The summed E-state index contributed by atoms with van der Waals surface area (Å²) < 4.78 is 18.4. The number of nitrogens with one attached hydrogen (secondary N) is 1. The van der Waals surface area contributed by atoms with Gasteiger partial charge in [-0.3, -0.25) is 4.79 Å². The van der Waals surface area contributed by atoms with Crippen LogP contribution in [0.1, 0.15) is 16.1 Å². The molecule has 27 heavy (non-hydrogen) atoms. The number of methoxy groups -OCH3 is 1. The van der Waals surface area contributed by atoms with Gasteiger partial charge in [0.25, 0.3) is 5.91 Å². The number of ether oxygens (including phenoxy) is 1. The van der Waals surface area contributed by atoms with Crippen LogP contribution in [0.4, 0.5) is 15.9 Å². The maximum atomic E-state index is 13.3. The van der Waals surface area contributed by atoms with Gasteiger partial charge in [0.05, 0.1) is 7.11 Å². The van der Waals surface area contributed by atoms with Crippen LogP contribution >= 0.6 is 0 Å². The van der Waals surface area contributed by atoms with Crippen LogP contribution < -0.4 is 15.0 Å². The molecule has 1 amide bonds. The molecule has 3 aromatic rings. The van der Waals surface area contributed by atoms with Crippen molar-refractivity contribution >= 4 is 17.4 Å². The van der Waals surface area contributed by atoms with Gasteiger partial charge in [-0.1, -0.05) is 12.1 Å². The van der Waals surface area contributed by atoms with E-state index in [0.717, 1.165) is 5.56 Å². The summed E-state index contributed by atoms with van der Waals surface area (Å²) in [6.07, 6.45) is 1.33. The lowest BCUT2D eigenvalue weighted by atomic mass is 10.2. The topological polar surface area (TPSA) is 67.3 Å². The Balaban J connectivity index is 1.70. The Bertz CT molecular complexity index is 931. The van der Waals surface area contributed by atoms with Crippen molar-refractivity contribution in [2.24, 2.45) is 0 Å². The normalized spacial score (nSPS) is 10.3. The fourth-order valence-corrected chi connectivity index (χ4v) is 2.54. The average molecular weight is 366 g/mol. The lowest BCUT2D eigenvalue weighted by Gasteiger charge is -2.18. The number of aromatic nitrogens is 2. The van der Waals surface area contributed by atoms with Crippen LogP contribution in [0.3, 0.4) is 0 Å². The molecular weight excluding hydrogens is 347 g/mol. The molecule has 0 aliphatic rings. The second kappa shape index (κ2) is 8.27. The van der Waals surface area contributed by atoms with Gasteiger partial charge in [0.15, 0.2) is 0 Å². The number of hydrogen-bond donors (Lipinski definition) is 1. The number of carbonyl (C=O) groups excluding carboxylic acids is 1. The van der Waals surface area contributed by atoms with Crippen molar-refractivity contribution in [2.75, 3.05) is 24.4 Å². The quantitative estimate of drug-likeness (QED) is 0.723. The molecule has 0 unspecified atom stereocenters. The van der Waals surface area contributed by atoms with Gasteiger partial charge in [-0.25, -0.2) is 14.4 Å². The first-order valence-electron chi connectivity index (χ1n) is 8.28. The molecule has 0 radical (unpaired) electrons. The fourth-order valence-electron chi connectivity index (χ4n) is 2.54. The van der Waals surface area contributed by atoms with Gasteiger partial charge >= 0.3 is 0 Å². The molecule has 0 saturated carbocycles. The Morgan fingerprint density at radius 3 is 2.63 bits per heavy atom. The fraction of sp³-hybridized carbons (Fsp3) is 0.150. The third-order valence-corrected chi connectivity index (χ3v) is 3.93. The van der Waals surface area contributed by atoms with Crippen LogP contribution in [-0.4, -0.2) is 30.0 Å². The molecule has 138 valence electrons. The summed E-state index contributed by atoms with van der Waals surface area (Å²) in [7, 11) is 3.40. The number of benzene rings is 2. The SMILES string of the molecule is COc1ccc(NC(=O)c2cc(N(C)Cc3cccc(F)c3)ncn2)cc1. The molecule has 0 aliphatic carbocycles. The summed E-state index contributed by atoms with van der Waals surface area (Å²) in [5.74, 6) is 0.636. The van der Waals surface area contributed by atoms with Crippen molar-refractivity contribution in [3.63, 3.8) is 0 Å². The van der Waals surface area contributed by atoms with Crippen LogP contribution in [0.25, 0.3) is 0 Å². The Morgan fingerprint density at radius 2 is 1.93 bits per heavy atom. The molecule has 6 nitrogen and oxygen atoms in total. The number of nitrogens with zero attached hydrogens (tertiary/aromatic N) is 3. The smallest absolute Gasteiger partial charge is 0.274 e. The predicted molar refractivity (Wildman–Crippen MR) is 101 cm³/mol. The summed E-state index contributed by atoms with van der Waals surface area (Å²) in [4.78, 5) is 22.5. The number of rotatable bonds is 6. The Labute approximate surface area is 156 Å². The lowest BCUT2D eigenvalue weighted by Crippen LogP contribution is -2.20. The van der Waals surface area contributed by atoms with Gasteiger partial charge in [-0.15, -0.1) is 0 Å². The van der Waals surface area contributed by atoms with Crippen molar-refractivity contribution in [2.45, 2.75) is 6.54 Å². The van der Waals surface area contributed by atoms with Gasteiger partial charge in [-0.05, 0) is 42.0 Å². The number of anilines is 2. The van der Waals surface area contributed by atoms with Crippen molar-refractivity contribution in [3.05, 3.63) is 78.0 Å². The zero-order valence-electron chi connectivity index (χ0n) is 15.0. The second-order valence-corrected chi connectivity index (χ2v) is 5.93. The molecule has 0 spiro atoms. The van der Waals surface area contributed by atoms with Crippen molar-refractivity contribution in [3.8, 4) is 5.75 Å². The van der Waals surface area contributed by atoms with E-state index in [2.05, 4.69) is 15.3 Å². The highest BCUT2D eigenvalue weighted by molar-refractivity contribution is 6.03. The monoisotopic (exact) mass is 366 g/mol. The first-order valence-corrected chi connectivity index (χ1v) is 8.28. The molecule has 0 saturated heterocycles. The number of halogens is 1. The minimum Gasteiger partial charge on any atom is -0.497 e. The summed E-state index contributed by atoms with van der Waals surface area (Å²) in [5, 5.41) is 2.78. The number of carbonyl (C=O) groups is 1. The maximum absolute atomic E-state index is 13.3. The van der Waals surface area contributed by atoms with Gasteiger partial charge in [0, 0.05) is 25.3 Å². The summed E-state index contributed by atoms with van der Waals surface area (Å²) in [5.41, 5.74) is 1.68. The van der Waals surface area contributed by atoms with Crippen LogP contribution in [0.15, 0.2) is 60.9 Å². The van der Waals surface area contributed by atoms with Gasteiger partial charge in [-0.2, -0.15) is 0 Å². The van der Waals surface area contributed by atoms with E-state index in [0.29, 0.717) is 23.8 Å². The van der Waals surface area contributed by atoms with Crippen LogP contribution in [0, 0.1) is 5.82 Å². The summed E-state index contributed by atoms with van der Waals surface area (Å²) in [6, 6.07) is 15.0. The number of amides is 1.